The molecule has 2 N–H and O–H groups in total. The number of carboxylic acids is 1. The van der Waals surface area contributed by atoms with Gasteiger partial charge in [0.05, 0.1) is 0 Å². The lowest BCUT2D eigenvalue weighted by atomic mass is 10.2. The maximum Gasteiger partial charge on any atom is 0.326 e. The highest BCUT2D eigenvalue weighted by atomic mass is 16.4. The van der Waals surface area contributed by atoms with E-state index in [1.54, 1.807) is 7.05 Å². The average Bonchev–Trinajstić information content (AvgIpc) is 2.15. The van der Waals surface area contributed by atoms with Gasteiger partial charge in [-0.1, -0.05) is 13.3 Å². The van der Waals surface area contributed by atoms with Crippen molar-refractivity contribution in [2.45, 2.75) is 32.7 Å². The van der Waals surface area contributed by atoms with Crippen molar-refractivity contribution in [1.82, 2.24) is 10.2 Å². The molecular weight excluding hydrogens is 184 g/mol. The summed E-state index contributed by atoms with van der Waals surface area (Å²) >= 11 is 0. The second-order valence-electron chi connectivity index (χ2n) is 3.14. The fourth-order valence-electron chi connectivity index (χ4n) is 0.949. The lowest BCUT2D eigenvalue weighted by molar-refractivity contribution is -0.139. The van der Waals surface area contributed by atoms with Crippen LogP contribution in [-0.4, -0.2) is 41.6 Å². The molecule has 14 heavy (non-hydrogen) atoms. The van der Waals surface area contributed by atoms with Crippen LogP contribution in [0.2, 0.25) is 0 Å². The van der Waals surface area contributed by atoms with E-state index in [2.05, 4.69) is 5.32 Å². The van der Waals surface area contributed by atoms with Gasteiger partial charge in [0, 0.05) is 13.6 Å². The van der Waals surface area contributed by atoms with Gasteiger partial charge >= 0.3 is 12.0 Å². The van der Waals surface area contributed by atoms with Gasteiger partial charge in [0.1, 0.15) is 6.04 Å². The van der Waals surface area contributed by atoms with Crippen LogP contribution in [0, 0.1) is 0 Å². The van der Waals surface area contributed by atoms with E-state index in [0.717, 1.165) is 6.42 Å². The number of hydrogen-bond donors (Lipinski definition) is 2. The van der Waals surface area contributed by atoms with E-state index in [1.807, 2.05) is 13.8 Å². The highest BCUT2D eigenvalue weighted by Crippen LogP contribution is 1.97. The van der Waals surface area contributed by atoms with Crippen LogP contribution in [0.5, 0.6) is 0 Å². The zero-order chi connectivity index (χ0) is 11.1. The maximum absolute atomic E-state index is 11.3. The minimum atomic E-state index is -0.982. The van der Waals surface area contributed by atoms with Crippen molar-refractivity contribution in [3.63, 3.8) is 0 Å². The predicted molar refractivity (Wildman–Crippen MR) is 53.2 cm³/mol. The molecule has 5 nitrogen and oxygen atoms in total. The number of carbonyl (C=O) groups excluding carboxylic acids is 1. The first-order valence-corrected chi connectivity index (χ1v) is 4.77. The minimum Gasteiger partial charge on any atom is -0.480 e. The molecule has 0 aliphatic rings. The van der Waals surface area contributed by atoms with E-state index < -0.39 is 12.0 Å². The Hall–Kier alpha value is -1.26. The molecule has 0 aliphatic carbocycles. The Morgan fingerprint density at radius 3 is 2.36 bits per heavy atom. The van der Waals surface area contributed by atoms with Crippen molar-refractivity contribution in [3.05, 3.63) is 0 Å². The molecule has 0 rings (SSSR count). The molecule has 1 atom stereocenters. The van der Waals surface area contributed by atoms with Crippen LogP contribution in [0.4, 0.5) is 4.79 Å². The lowest BCUT2D eigenvalue weighted by Gasteiger charge is -2.19. The second kappa shape index (κ2) is 6.23. The highest BCUT2D eigenvalue weighted by Gasteiger charge is 2.19. The summed E-state index contributed by atoms with van der Waals surface area (Å²) in [6.07, 6.45) is 1.19. The van der Waals surface area contributed by atoms with Gasteiger partial charge in [-0.15, -0.1) is 0 Å². The molecular formula is C9H18N2O3. The maximum atomic E-state index is 11.3. The summed E-state index contributed by atoms with van der Waals surface area (Å²) < 4.78 is 0. The molecule has 0 aromatic heterocycles. The number of hydrogen-bond acceptors (Lipinski definition) is 2. The first-order valence-electron chi connectivity index (χ1n) is 4.77. The largest absolute Gasteiger partial charge is 0.480 e. The third-order valence-electron chi connectivity index (χ3n) is 1.99. The summed E-state index contributed by atoms with van der Waals surface area (Å²) in [6, 6.07) is -1.12. The molecule has 0 aromatic rings. The Morgan fingerprint density at radius 1 is 1.43 bits per heavy atom. The fraction of sp³-hybridized carbons (Fsp3) is 0.778. The topological polar surface area (TPSA) is 69.6 Å². The quantitative estimate of drug-likeness (QED) is 0.696. The Morgan fingerprint density at radius 2 is 2.00 bits per heavy atom. The molecule has 0 saturated heterocycles. The normalized spacial score (nSPS) is 11.9. The lowest BCUT2D eigenvalue weighted by Crippen LogP contribution is -2.46. The van der Waals surface area contributed by atoms with Crippen molar-refractivity contribution >= 4 is 12.0 Å². The Kier molecular flexibility index (Phi) is 5.67. The van der Waals surface area contributed by atoms with Crippen LogP contribution in [-0.2, 0) is 4.79 Å². The highest BCUT2D eigenvalue weighted by molar-refractivity contribution is 5.82. The van der Waals surface area contributed by atoms with Crippen molar-refractivity contribution in [3.8, 4) is 0 Å². The monoisotopic (exact) mass is 202 g/mol. The van der Waals surface area contributed by atoms with Gasteiger partial charge in [0.15, 0.2) is 0 Å². The van der Waals surface area contributed by atoms with E-state index in [-0.39, 0.29) is 6.03 Å². The standard InChI is InChI=1S/C9H18N2O3/c1-4-6-7(8(12)13)10-9(14)11(3)5-2/h7H,4-6H2,1-3H3,(H,10,14)(H,12,13). The molecule has 1 unspecified atom stereocenters. The Labute approximate surface area is 84.1 Å². The zero-order valence-corrected chi connectivity index (χ0v) is 8.91. The molecule has 0 heterocycles. The molecule has 0 bridgehead atoms. The van der Waals surface area contributed by atoms with Gasteiger partial charge in [0.2, 0.25) is 0 Å². The van der Waals surface area contributed by atoms with Crippen molar-refractivity contribution in [1.29, 1.82) is 0 Å². The molecule has 82 valence electrons. The van der Waals surface area contributed by atoms with Crippen LogP contribution in [0.15, 0.2) is 0 Å². The van der Waals surface area contributed by atoms with E-state index in [4.69, 9.17) is 5.11 Å². The second-order valence-corrected chi connectivity index (χ2v) is 3.14. The summed E-state index contributed by atoms with van der Waals surface area (Å²) in [4.78, 5) is 23.5. The Balaban J connectivity index is 4.15. The van der Waals surface area contributed by atoms with E-state index >= 15 is 0 Å². The molecule has 2 amide bonds. The Bertz CT molecular complexity index is 206. The van der Waals surface area contributed by atoms with Crippen LogP contribution in [0.1, 0.15) is 26.7 Å². The number of aliphatic carboxylic acids is 1. The molecule has 0 radical (unpaired) electrons. The van der Waals surface area contributed by atoms with E-state index in [9.17, 15) is 9.59 Å². The fourth-order valence-corrected chi connectivity index (χ4v) is 0.949. The third-order valence-corrected chi connectivity index (χ3v) is 1.99. The summed E-state index contributed by atoms with van der Waals surface area (Å²) in [5, 5.41) is 11.2. The average molecular weight is 202 g/mol. The summed E-state index contributed by atoms with van der Waals surface area (Å²) in [5.41, 5.74) is 0. The molecule has 5 heteroatoms. The van der Waals surface area contributed by atoms with E-state index in [1.165, 1.54) is 4.90 Å². The number of nitrogens with one attached hydrogen (secondary N) is 1. The molecule has 0 aliphatic heterocycles. The van der Waals surface area contributed by atoms with Gasteiger partial charge in [-0.3, -0.25) is 0 Å². The molecule has 0 saturated carbocycles. The zero-order valence-electron chi connectivity index (χ0n) is 8.91. The van der Waals surface area contributed by atoms with Crippen LogP contribution >= 0.6 is 0 Å². The molecule has 0 fully saturated rings. The first kappa shape index (κ1) is 12.7. The summed E-state index contributed by atoms with van der Waals surface area (Å²) in [7, 11) is 1.63. The summed E-state index contributed by atoms with van der Waals surface area (Å²) in [5.74, 6) is -0.982. The number of rotatable bonds is 5. The van der Waals surface area contributed by atoms with Gasteiger partial charge in [-0.05, 0) is 13.3 Å². The first-order chi connectivity index (χ1) is 6.52. The number of carbonyl (C=O) groups is 2. The van der Waals surface area contributed by atoms with Crippen LogP contribution in [0.3, 0.4) is 0 Å². The van der Waals surface area contributed by atoms with Gasteiger partial charge in [0.25, 0.3) is 0 Å². The van der Waals surface area contributed by atoms with Crippen LogP contribution < -0.4 is 5.32 Å². The molecule has 0 aromatic carbocycles. The van der Waals surface area contributed by atoms with Crippen LogP contribution in [0.25, 0.3) is 0 Å². The van der Waals surface area contributed by atoms with Gasteiger partial charge < -0.3 is 15.3 Å². The summed E-state index contributed by atoms with van der Waals surface area (Å²) in [6.45, 7) is 4.27. The number of urea groups is 1. The van der Waals surface area contributed by atoms with Crippen molar-refractivity contribution in [2.24, 2.45) is 0 Å². The number of nitrogens with zero attached hydrogens (tertiary/aromatic N) is 1. The third kappa shape index (κ3) is 4.11. The van der Waals surface area contributed by atoms with Crippen molar-refractivity contribution < 1.29 is 14.7 Å². The van der Waals surface area contributed by atoms with Crippen molar-refractivity contribution in [2.75, 3.05) is 13.6 Å². The molecule has 0 spiro atoms. The minimum absolute atomic E-state index is 0.339. The predicted octanol–water partition coefficient (Wildman–Crippen LogP) is 0.901. The van der Waals surface area contributed by atoms with E-state index in [0.29, 0.717) is 13.0 Å². The smallest absolute Gasteiger partial charge is 0.326 e. The SMILES string of the molecule is CCCC(NC(=O)N(C)CC)C(=O)O. The van der Waals surface area contributed by atoms with Gasteiger partial charge in [-0.2, -0.15) is 0 Å². The van der Waals surface area contributed by atoms with Gasteiger partial charge in [-0.25, -0.2) is 9.59 Å². The number of amides is 2. The number of carboxylic acid groups (broad SMARTS) is 1.